The average Bonchev–Trinajstić information content (AvgIpc) is 3.16. The molecule has 0 atom stereocenters. The van der Waals surface area contributed by atoms with E-state index in [0.29, 0.717) is 23.4 Å². The standard InChI is InChI=1S/C27H27N3O/c1-18(2)21-14-10-15-22(19(3)4)26(21)28-27(20-11-6-5-7-12-20)30-25-16-9-8-13-23(25)24(17-31)29-30/h5-19H,1-4H3/b28-27-. The fraction of sp³-hybridized carbons (Fsp3) is 0.222. The van der Waals surface area contributed by atoms with Crippen LogP contribution in [0, 0.1) is 0 Å². The molecular formula is C27H27N3O. The number of aliphatic imine (C=N–C) groups is 1. The van der Waals surface area contributed by atoms with Crippen molar-refractivity contribution < 1.29 is 4.79 Å². The van der Waals surface area contributed by atoms with E-state index in [1.54, 1.807) is 4.68 Å². The minimum Gasteiger partial charge on any atom is -0.296 e. The number of rotatable bonds is 5. The van der Waals surface area contributed by atoms with Gasteiger partial charge in [-0.05, 0) is 29.0 Å². The highest BCUT2D eigenvalue weighted by molar-refractivity contribution is 6.08. The van der Waals surface area contributed by atoms with Gasteiger partial charge in [-0.1, -0.05) is 94.4 Å². The number of aldehydes is 1. The summed E-state index contributed by atoms with van der Waals surface area (Å²) < 4.78 is 1.80. The van der Waals surface area contributed by atoms with Gasteiger partial charge in [0.25, 0.3) is 0 Å². The topological polar surface area (TPSA) is 47.2 Å². The lowest BCUT2D eigenvalue weighted by Gasteiger charge is -2.18. The van der Waals surface area contributed by atoms with Crippen LogP contribution in [-0.4, -0.2) is 21.9 Å². The van der Waals surface area contributed by atoms with E-state index in [0.717, 1.165) is 28.4 Å². The monoisotopic (exact) mass is 409 g/mol. The van der Waals surface area contributed by atoms with Crippen LogP contribution in [0.1, 0.15) is 66.7 Å². The van der Waals surface area contributed by atoms with Gasteiger partial charge in [0.1, 0.15) is 5.69 Å². The Morgan fingerprint density at radius 1 is 0.839 bits per heavy atom. The lowest BCUT2D eigenvalue weighted by molar-refractivity contribution is 0.112. The van der Waals surface area contributed by atoms with Gasteiger partial charge in [-0.3, -0.25) is 4.79 Å². The van der Waals surface area contributed by atoms with Crippen LogP contribution in [-0.2, 0) is 0 Å². The van der Waals surface area contributed by atoms with Crippen molar-refractivity contribution in [3.05, 3.63) is 95.2 Å². The Morgan fingerprint density at radius 3 is 2.06 bits per heavy atom. The molecular weight excluding hydrogens is 382 g/mol. The zero-order valence-corrected chi connectivity index (χ0v) is 18.4. The van der Waals surface area contributed by atoms with Crippen molar-refractivity contribution in [2.75, 3.05) is 0 Å². The Labute approximate surface area is 183 Å². The number of hydrogen-bond donors (Lipinski definition) is 0. The molecule has 0 saturated heterocycles. The second-order valence-corrected chi connectivity index (χ2v) is 8.33. The first kappa shape index (κ1) is 20.7. The molecule has 4 nitrogen and oxygen atoms in total. The molecule has 0 aliphatic rings. The Balaban J connectivity index is 2.07. The maximum absolute atomic E-state index is 11.7. The fourth-order valence-corrected chi connectivity index (χ4v) is 3.91. The molecule has 0 fully saturated rings. The minimum atomic E-state index is 0.328. The number of hydrogen-bond acceptors (Lipinski definition) is 3. The van der Waals surface area contributed by atoms with Crippen LogP contribution in [0.3, 0.4) is 0 Å². The number of aromatic nitrogens is 2. The van der Waals surface area contributed by atoms with Crippen LogP contribution in [0.4, 0.5) is 5.69 Å². The normalized spacial score (nSPS) is 12.1. The molecule has 0 bridgehead atoms. The molecule has 156 valence electrons. The van der Waals surface area contributed by atoms with Gasteiger partial charge in [0, 0.05) is 10.9 Å². The van der Waals surface area contributed by atoms with E-state index in [2.05, 4.69) is 51.0 Å². The highest BCUT2D eigenvalue weighted by atomic mass is 16.1. The number of carbonyl (C=O) groups is 1. The largest absolute Gasteiger partial charge is 0.296 e. The van der Waals surface area contributed by atoms with Gasteiger partial charge < -0.3 is 0 Å². The zero-order chi connectivity index (χ0) is 22.0. The summed E-state index contributed by atoms with van der Waals surface area (Å²) in [5.74, 6) is 1.36. The number of para-hydroxylation sites is 2. The third kappa shape index (κ3) is 3.93. The smallest absolute Gasteiger partial charge is 0.170 e. The SMILES string of the molecule is CC(C)c1cccc(C(C)C)c1/N=C(/c1ccccc1)n1nc(C=O)c2ccccc21. The van der Waals surface area contributed by atoms with Crippen LogP contribution in [0.2, 0.25) is 0 Å². The Kier molecular flexibility index (Phi) is 5.81. The fourth-order valence-electron chi connectivity index (χ4n) is 3.91. The quantitative estimate of drug-likeness (QED) is 0.209. The summed E-state index contributed by atoms with van der Waals surface area (Å²) in [6, 6.07) is 24.2. The van der Waals surface area contributed by atoms with Crippen LogP contribution in [0.15, 0.2) is 77.8 Å². The van der Waals surface area contributed by atoms with Gasteiger partial charge in [-0.25, -0.2) is 9.67 Å². The van der Waals surface area contributed by atoms with E-state index >= 15 is 0 Å². The van der Waals surface area contributed by atoms with Crippen molar-refractivity contribution in [2.45, 2.75) is 39.5 Å². The second-order valence-electron chi connectivity index (χ2n) is 8.33. The molecule has 0 aliphatic heterocycles. The number of benzene rings is 3. The maximum Gasteiger partial charge on any atom is 0.170 e. The number of nitrogens with zero attached hydrogens (tertiary/aromatic N) is 3. The first-order valence-electron chi connectivity index (χ1n) is 10.7. The summed E-state index contributed by atoms with van der Waals surface area (Å²) in [5.41, 5.74) is 5.61. The third-order valence-electron chi connectivity index (χ3n) is 5.52. The molecule has 0 aliphatic carbocycles. The number of carbonyl (C=O) groups excluding carboxylic acids is 1. The molecule has 4 heteroatoms. The first-order chi connectivity index (χ1) is 15.0. The van der Waals surface area contributed by atoms with Crippen molar-refractivity contribution in [1.29, 1.82) is 0 Å². The predicted octanol–water partition coefficient (Wildman–Crippen LogP) is 6.72. The second kappa shape index (κ2) is 8.68. The molecule has 0 amide bonds. The molecule has 0 unspecified atom stereocenters. The van der Waals surface area contributed by atoms with E-state index < -0.39 is 0 Å². The molecule has 0 saturated carbocycles. The van der Waals surface area contributed by atoms with Crippen LogP contribution in [0.5, 0.6) is 0 Å². The third-order valence-corrected chi connectivity index (χ3v) is 5.52. The van der Waals surface area contributed by atoms with Gasteiger partial charge in [0.15, 0.2) is 12.1 Å². The van der Waals surface area contributed by atoms with Crippen molar-refractivity contribution in [3.8, 4) is 0 Å². The molecule has 31 heavy (non-hydrogen) atoms. The lowest BCUT2D eigenvalue weighted by Crippen LogP contribution is -2.16. The van der Waals surface area contributed by atoms with Crippen LogP contribution >= 0.6 is 0 Å². The summed E-state index contributed by atoms with van der Waals surface area (Å²) in [4.78, 5) is 17.0. The van der Waals surface area contributed by atoms with E-state index in [9.17, 15) is 4.79 Å². The lowest BCUT2D eigenvalue weighted by atomic mass is 9.93. The Hall–Kier alpha value is -3.53. The molecule has 4 aromatic rings. The summed E-state index contributed by atoms with van der Waals surface area (Å²) in [6.45, 7) is 8.76. The van der Waals surface area contributed by atoms with Crippen molar-refractivity contribution in [1.82, 2.24) is 9.78 Å². The summed E-state index contributed by atoms with van der Waals surface area (Å²) in [5, 5.41) is 5.47. The van der Waals surface area contributed by atoms with Crippen molar-refractivity contribution in [2.24, 2.45) is 4.99 Å². The van der Waals surface area contributed by atoms with Gasteiger partial charge >= 0.3 is 0 Å². The van der Waals surface area contributed by atoms with E-state index in [-0.39, 0.29) is 0 Å². The van der Waals surface area contributed by atoms with Crippen LogP contribution in [0.25, 0.3) is 10.9 Å². The molecule has 1 aromatic heterocycles. The summed E-state index contributed by atoms with van der Waals surface area (Å²) in [6.07, 6.45) is 0.809. The summed E-state index contributed by atoms with van der Waals surface area (Å²) in [7, 11) is 0. The van der Waals surface area contributed by atoms with E-state index in [1.807, 2.05) is 54.6 Å². The first-order valence-corrected chi connectivity index (χ1v) is 10.7. The zero-order valence-electron chi connectivity index (χ0n) is 18.4. The van der Waals surface area contributed by atoms with Crippen molar-refractivity contribution >= 4 is 28.7 Å². The van der Waals surface area contributed by atoms with E-state index in [4.69, 9.17) is 4.99 Å². The van der Waals surface area contributed by atoms with Gasteiger partial charge in [-0.15, -0.1) is 0 Å². The summed E-state index contributed by atoms with van der Waals surface area (Å²) >= 11 is 0. The van der Waals surface area contributed by atoms with Gasteiger partial charge in [-0.2, -0.15) is 5.10 Å². The molecule has 4 rings (SSSR count). The van der Waals surface area contributed by atoms with Crippen LogP contribution < -0.4 is 0 Å². The molecule has 3 aromatic carbocycles. The molecule has 1 heterocycles. The average molecular weight is 410 g/mol. The highest BCUT2D eigenvalue weighted by Gasteiger charge is 2.19. The predicted molar refractivity (Wildman–Crippen MR) is 128 cm³/mol. The number of fused-ring (bicyclic) bond motifs is 1. The Bertz CT molecular complexity index is 1220. The molecule has 0 spiro atoms. The van der Waals surface area contributed by atoms with E-state index in [1.165, 1.54) is 11.1 Å². The van der Waals surface area contributed by atoms with Crippen molar-refractivity contribution in [3.63, 3.8) is 0 Å². The van der Waals surface area contributed by atoms with Gasteiger partial charge in [0.05, 0.1) is 11.2 Å². The maximum atomic E-state index is 11.7. The highest BCUT2D eigenvalue weighted by Crippen LogP contribution is 2.35. The molecule has 0 radical (unpaired) electrons. The molecule has 0 N–H and O–H groups in total. The minimum absolute atomic E-state index is 0.328. The Morgan fingerprint density at radius 2 is 1.45 bits per heavy atom. The van der Waals surface area contributed by atoms with Gasteiger partial charge in [0.2, 0.25) is 0 Å².